The van der Waals surface area contributed by atoms with Crippen LogP contribution in [0.15, 0.2) is 12.1 Å². The Morgan fingerprint density at radius 1 is 1.39 bits per heavy atom. The Morgan fingerprint density at radius 3 is 2.39 bits per heavy atom. The van der Waals surface area contributed by atoms with Crippen molar-refractivity contribution in [1.29, 1.82) is 0 Å². The number of hydrogen-bond acceptors (Lipinski definition) is 5. The van der Waals surface area contributed by atoms with Crippen molar-refractivity contribution in [3.63, 3.8) is 0 Å². The van der Waals surface area contributed by atoms with Crippen LogP contribution < -0.4 is 11.1 Å². The summed E-state index contributed by atoms with van der Waals surface area (Å²) in [6.07, 6.45) is 0. The van der Waals surface area contributed by atoms with Crippen LogP contribution in [0, 0.1) is 0 Å². The number of nitrogens with one attached hydrogen (secondary N) is 1. The molecule has 1 amide bonds. The Balaban J connectivity index is 2.81. The zero-order chi connectivity index (χ0) is 13.9. The molecule has 1 aromatic rings. The van der Waals surface area contributed by atoms with Gasteiger partial charge in [0, 0.05) is 25.7 Å². The summed E-state index contributed by atoms with van der Waals surface area (Å²) in [6.45, 7) is 5.89. The van der Waals surface area contributed by atoms with Gasteiger partial charge in [-0.1, -0.05) is 0 Å². The van der Waals surface area contributed by atoms with Crippen molar-refractivity contribution in [1.82, 2.24) is 15.1 Å². The van der Waals surface area contributed by atoms with Crippen molar-refractivity contribution in [2.75, 3.05) is 19.4 Å². The molecule has 0 saturated heterocycles. The minimum atomic E-state index is -0.290. The Bertz CT molecular complexity index is 411. The fourth-order valence-electron chi connectivity index (χ4n) is 1.19. The molecule has 6 nitrogen and oxygen atoms in total. The molecular formula is C12H21N5O. The number of nitrogens with two attached hydrogens (primary N) is 1. The number of nitrogens with zero attached hydrogens (tertiary/aromatic N) is 3. The molecule has 1 aromatic heterocycles. The lowest BCUT2D eigenvalue weighted by Crippen LogP contribution is -2.47. The van der Waals surface area contributed by atoms with Gasteiger partial charge < -0.3 is 16.0 Å². The maximum absolute atomic E-state index is 11.6. The van der Waals surface area contributed by atoms with E-state index in [-0.39, 0.29) is 17.5 Å². The van der Waals surface area contributed by atoms with Gasteiger partial charge in [-0.05, 0) is 32.9 Å². The van der Waals surface area contributed by atoms with Crippen molar-refractivity contribution in [3.8, 4) is 0 Å². The second kappa shape index (κ2) is 5.30. The molecule has 0 spiro atoms. The van der Waals surface area contributed by atoms with Gasteiger partial charge in [-0.3, -0.25) is 4.79 Å². The van der Waals surface area contributed by atoms with E-state index in [0.29, 0.717) is 11.5 Å². The van der Waals surface area contributed by atoms with Crippen molar-refractivity contribution in [3.05, 3.63) is 17.8 Å². The molecule has 0 aliphatic carbocycles. The van der Waals surface area contributed by atoms with Crippen LogP contribution in [0.3, 0.4) is 0 Å². The van der Waals surface area contributed by atoms with E-state index < -0.39 is 0 Å². The van der Waals surface area contributed by atoms with E-state index in [0.717, 1.165) is 0 Å². The van der Waals surface area contributed by atoms with Crippen LogP contribution in [-0.4, -0.2) is 46.7 Å². The number of aromatic nitrogens is 2. The molecule has 0 aromatic carbocycles. The second-order valence-electron chi connectivity index (χ2n) is 5.14. The van der Waals surface area contributed by atoms with Crippen LogP contribution in [0.2, 0.25) is 0 Å². The van der Waals surface area contributed by atoms with Crippen LogP contribution in [0.25, 0.3) is 0 Å². The average Bonchev–Trinajstić information content (AvgIpc) is 2.28. The number of amides is 1. The lowest BCUT2D eigenvalue weighted by molar-refractivity contribution is 0.0821. The van der Waals surface area contributed by atoms with Gasteiger partial charge >= 0.3 is 0 Å². The zero-order valence-electron chi connectivity index (χ0n) is 11.6. The first-order valence-corrected chi connectivity index (χ1v) is 5.83. The van der Waals surface area contributed by atoms with Gasteiger partial charge in [-0.15, -0.1) is 10.2 Å². The molecule has 1 atom stereocenters. The largest absolute Gasteiger partial charge is 0.362 e. The standard InChI is InChI=1S/C12H21N5O/c1-8(13)12(2,3)14-10-7-6-9(15-16-10)11(18)17(4)5/h6-8H,13H2,1-5H3,(H,14,16). The summed E-state index contributed by atoms with van der Waals surface area (Å²) < 4.78 is 0. The van der Waals surface area contributed by atoms with Crippen molar-refractivity contribution >= 4 is 11.7 Å². The quantitative estimate of drug-likeness (QED) is 0.823. The smallest absolute Gasteiger partial charge is 0.273 e. The van der Waals surface area contributed by atoms with Gasteiger partial charge in [0.1, 0.15) is 5.82 Å². The van der Waals surface area contributed by atoms with Crippen LogP contribution in [0.5, 0.6) is 0 Å². The van der Waals surface area contributed by atoms with Crippen LogP contribution in [-0.2, 0) is 0 Å². The average molecular weight is 251 g/mol. The molecule has 1 unspecified atom stereocenters. The molecule has 1 heterocycles. The molecule has 0 aliphatic heterocycles. The van der Waals surface area contributed by atoms with E-state index in [1.54, 1.807) is 26.2 Å². The third-order valence-corrected chi connectivity index (χ3v) is 2.88. The third-order valence-electron chi connectivity index (χ3n) is 2.88. The van der Waals surface area contributed by atoms with E-state index in [2.05, 4.69) is 15.5 Å². The fourth-order valence-corrected chi connectivity index (χ4v) is 1.19. The van der Waals surface area contributed by atoms with Gasteiger partial charge in [0.05, 0.1) is 0 Å². The third kappa shape index (κ3) is 3.40. The Labute approximate surface area is 108 Å². The van der Waals surface area contributed by atoms with Gasteiger partial charge in [-0.25, -0.2) is 0 Å². The summed E-state index contributed by atoms with van der Waals surface area (Å²) in [4.78, 5) is 13.1. The molecule has 1 rings (SSSR count). The predicted molar refractivity (Wildman–Crippen MR) is 71.4 cm³/mol. The molecule has 100 valence electrons. The number of carbonyl (C=O) groups is 1. The molecule has 6 heteroatoms. The maximum atomic E-state index is 11.6. The maximum Gasteiger partial charge on any atom is 0.273 e. The van der Waals surface area contributed by atoms with Crippen molar-refractivity contribution in [2.24, 2.45) is 5.73 Å². The number of rotatable bonds is 4. The lowest BCUT2D eigenvalue weighted by atomic mass is 9.97. The highest BCUT2D eigenvalue weighted by Crippen LogP contribution is 2.14. The SMILES string of the molecule is CC(N)C(C)(C)Nc1ccc(C(=O)N(C)C)nn1. The minimum Gasteiger partial charge on any atom is -0.362 e. The number of carbonyl (C=O) groups excluding carboxylic acids is 1. The highest BCUT2D eigenvalue weighted by atomic mass is 16.2. The first-order chi connectivity index (χ1) is 8.24. The summed E-state index contributed by atoms with van der Waals surface area (Å²) in [5.41, 5.74) is 5.90. The Hall–Kier alpha value is -1.69. The second-order valence-corrected chi connectivity index (χ2v) is 5.14. The molecule has 18 heavy (non-hydrogen) atoms. The van der Waals surface area contributed by atoms with E-state index in [1.807, 2.05) is 20.8 Å². The Morgan fingerprint density at radius 2 is 2.00 bits per heavy atom. The highest BCUT2D eigenvalue weighted by Gasteiger charge is 2.23. The summed E-state index contributed by atoms with van der Waals surface area (Å²) in [5, 5.41) is 11.1. The van der Waals surface area contributed by atoms with Gasteiger partial charge in [0.15, 0.2) is 5.69 Å². The van der Waals surface area contributed by atoms with Gasteiger partial charge in [0.25, 0.3) is 5.91 Å². The highest BCUT2D eigenvalue weighted by molar-refractivity contribution is 5.91. The molecule has 0 bridgehead atoms. The van der Waals surface area contributed by atoms with E-state index in [4.69, 9.17) is 5.73 Å². The summed E-state index contributed by atoms with van der Waals surface area (Å²) in [7, 11) is 3.35. The summed E-state index contributed by atoms with van der Waals surface area (Å²) in [5.74, 6) is 0.438. The van der Waals surface area contributed by atoms with Crippen LogP contribution >= 0.6 is 0 Å². The van der Waals surface area contributed by atoms with Gasteiger partial charge in [-0.2, -0.15) is 0 Å². The van der Waals surface area contributed by atoms with E-state index in [9.17, 15) is 4.79 Å². The van der Waals surface area contributed by atoms with E-state index in [1.165, 1.54) is 4.90 Å². The van der Waals surface area contributed by atoms with Crippen molar-refractivity contribution in [2.45, 2.75) is 32.4 Å². The predicted octanol–water partition coefficient (Wildman–Crippen LogP) is 0.716. The monoisotopic (exact) mass is 251 g/mol. The fraction of sp³-hybridized carbons (Fsp3) is 0.583. The molecule has 0 fully saturated rings. The number of anilines is 1. The number of hydrogen-bond donors (Lipinski definition) is 2. The topological polar surface area (TPSA) is 84.1 Å². The normalized spacial score (nSPS) is 13.0. The van der Waals surface area contributed by atoms with Crippen LogP contribution in [0.4, 0.5) is 5.82 Å². The first-order valence-electron chi connectivity index (χ1n) is 5.83. The van der Waals surface area contributed by atoms with Crippen LogP contribution in [0.1, 0.15) is 31.3 Å². The van der Waals surface area contributed by atoms with Gasteiger partial charge in [0.2, 0.25) is 0 Å². The Kier molecular flexibility index (Phi) is 4.24. The zero-order valence-corrected chi connectivity index (χ0v) is 11.6. The lowest BCUT2D eigenvalue weighted by Gasteiger charge is -2.30. The van der Waals surface area contributed by atoms with Crippen molar-refractivity contribution < 1.29 is 4.79 Å². The van der Waals surface area contributed by atoms with E-state index >= 15 is 0 Å². The molecule has 0 saturated carbocycles. The molecular weight excluding hydrogens is 230 g/mol. The molecule has 0 radical (unpaired) electrons. The molecule has 0 aliphatic rings. The summed E-state index contributed by atoms with van der Waals surface area (Å²) >= 11 is 0. The summed E-state index contributed by atoms with van der Waals surface area (Å²) in [6, 6.07) is 3.34. The first kappa shape index (κ1) is 14.4. The molecule has 3 N–H and O–H groups in total. The minimum absolute atomic E-state index is 0.0395.